The first-order chi connectivity index (χ1) is 10.1. The number of hydrogen-bond acceptors (Lipinski definition) is 3. The molecule has 0 spiro atoms. The Bertz CT molecular complexity index is 345. The molecule has 0 aromatic rings. The fourth-order valence-corrected chi connectivity index (χ4v) is 3.41. The molecule has 2 rings (SSSR count). The van der Waals surface area contributed by atoms with Gasteiger partial charge in [-0.3, -0.25) is 9.59 Å². The second-order valence-electron chi connectivity index (χ2n) is 6.43. The van der Waals surface area contributed by atoms with Crippen molar-refractivity contribution in [2.45, 2.75) is 51.4 Å². The highest BCUT2D eigenvalue weighted by atomic mass is 16.4. The summed E-state index contributed by atoms with van der Waals surface area (Å²) in [6, 6.07) is 0. The van der Waals surface area contributed by atoms with Crippen LogP contribution in [0.4, 0.5) is 0 Å². The Morgan fingerprint density at radius 1 is 0.952 bits per heavy atom. The van der Waals surface area contributed by atoms with Crippen LogP contribution in [0.3, 0.4) is 0 Å². The first-order valence-corrected chi connectivity index (χ1v) is 8.37. The number of likely N-dealkylation sites (tertiary alicyclic amines) is 2. The molecule has 1 N–H and O–H groups in total. The van der Waals surface area contributed by atoms with Crippen molar-refractivity contribution in [3.05, 3.63) is 0 Å². The van der Waals surface area contributed by atoms with Crippen molar-refractivity contribution in [2.24, 2.45) is 5.92 Å². The summed E-state index contributed by atoms with van der Waals surface area (Å²) >= 11 is 0. The van der Waals surface area contributed by atoms with Gasteiger partial charge in [0, 0.05) is 32.5 Å². The topological polar surface area (TPSA) is 60.9 Å². The van der Waals surface area contributed by atoms with E-state index in [1.54, 1.807) is 0 Å². The largest absolute Gasteiger partial charge is 0.481 e. The SMILES string of the molecule is O=C(O)CCCCC(=O)N1CCC(CN2CCCC2)CC1. The summed E-state index contributed by atoms with van der Waals surface area (Å²) in [5, 5.41) is 8.57. The Morgan fingerprint density at radius 3 is 2.19 bits per heavy atom. The summed E-state index contributed by atoms with van der Waals surface area (Å²) in [7, 11) is 0. The molecule has 5 nitrogen and oxygen atoms in total. The molecule has 21 heavy (non-hydrogen) atoms. The normalized spacial score (nSPS) is 20.9. The van der Waals surface area contributed by atoms with Crippen molar-refractivity contribution < 1.29 is 14.7 Å². The third-order valence-corrected chi connectivity index (χ3v) is 4.71. The number of carbonyl (C=O) groups excluding carboxylic acids is 1. The summed E-state index contributed by atoms with van der Waals surface area (Å²) in [6.45, 7) is 5.48. The molecular formula is C16H28N2O3. The van der Waals surface area contributed by atoms with Crippen LogP contribution in [0.2, 0.25) is 0 Å². The van der Waals surface area contributed by atoms with Crippen LogP contribution in [0.25, 0.3) is 0 Å². The summed E-state index contributed by atoms with van der Waals surface area (Å²) in [4.78, 5) is 27.0. The smallest absolute Gasteiger partial charge is 0.303 e. The van der Waals surface area contributed by atoms with Gasteiger partial charge in [0.15, 0.2) is 0 Å². The lowest BCUT2D eigenvalue weighted by Gasteiger charge is -2.34. The third kappa shape index (κ3) is 5.65. The van der Waals surface area contributed by atoms with Crippen molar-refractivity contribution in [1.29, 1.82) is 0 Å². The zero-order chi connectivity index (χ0) is 15.1. The molecule has 0 atom stereocenters. The van der Waals surface area contributed by atoms with Crippen LogP contribution in [0.5, 0.6) is 0 Å². The Kier molecular flexibility index (Phi) is 6.49. The number of aliphatic carboxylic acids is 1. The van der Waals surface area contributed by atoms with Crippen LogP contribution in [-0.2, 0) is 9.59 Å². The quantitative estimate of drug-likeness (QED) is 0.730. The lowest BCUT2D eigenvalue weighted by atomic mass is 9.96. The van der Waals surface area contributed by atoms with Gasteiger partial charge in [0.25, 0.3) is 0 Å². The van der Waals surface area contributed by atoms with Crippen LogP contribution in [0.1, 0.15) is 51.4 Å². The number of hydrogen-bond donors (Lipinski definition) is 1. The summed E-state index contributed by atoms with van der Waals surface area (Å²) in [6.07, 6.45) is 6.90. The number of carboxylic acid groups (broad SMARTS) is 1. The maximum atomic E-state index is 12.1. The second-order valence-corrected chi connectivity index (χ2v) is 6.43. The van der Waals surface area contributed by atoms with Gasteiger partial charge in [0.2, 0.25) is 5.91 Å². The predicted octanol–water partition coefficient (Wildman–Crippen LogP) is 1.97. The predicted molar refractivity (Wildman–Crippen MR) is 81.1 cm³/mol. The van der Waals surface area contributed by atoms with Crippen LogP contribution < -0.4 is 0 Å². The minimum absolute atomic E-state index is 0.172. The molecule has 2 aliphatic rings. The molecule has 2 saturated heterocycles. The van der Waals surface area contributed by atoms with E-state index in [2.05, 4.69) is 4.90 Å². The molecule has 0 unspecified atom stereocenters. The molecule has 0 aliphatic carbocycles. The Morgan fingerprint density at radius 2 is 1.57 bits per heavy atom. The monoisotopic (exact) mass is 296 g/mol. The van der Waals surface area contributed by atoms with E-state index >= 15 is 0 Å². The summed E-state index contributed by atoms with van der Waals surface area (Å²) in [5.41, 5.74) is 0. The van der Waals surface area contributed by atoms with E-state index in [4.69, 9.17) is 5.11 Å². The Labute approximate surface area is 127 Å². The van der Waals surface area contributed by atoms with Crippen molar-refractivity contribution in [1.82, 2.24) is 9.80 Å². The van der Waals surface area contributed by atoms with E-state index in [1.807, 2.05) is 4.90 Å². The number of piperidine rings is 1. The van der Waals surface area contributed by atoms with Gasteiger partial charge in [-0.1, -0.05) is 0 Å². The molecule has 2 aliphatic heterocycles. The maximum absolute atomic E-state index is 12.1. The Hall–Kier alpha value is -1.10. The van der Waals surface area contributed by atoms with E-state index in [1.165, 1.54) is 32.5 Å². The number of carboxylic acids is 1. The van der Waals surface area contributed by atoms with E-state index in [9.17, 15) is 9.59 Å². The number of unbranched alkanes of at least 4 members (excludes halogenated alkanes) is 1. The molecule has 0 aromatic carbocycles. The van der Waals surface area contributed by atoms with Crippen LogP contribution in [0.15, 0.2) is 0 Å². The van der Waals surface area contributed by atoms with Crippen molar-refractivity contribution in [3.63, 3.8) is 0 Å². The van der Waals surface area contributed by atoms with Crippen LogP contribution >= 0.6 is 0 Å². The first-order valence-electron chi connectivity index (χ1n) is 8.37. The molecule has 0 radical (unpaired) electrons. The van der Waals surface area contributed by atoms with Gasteiger partial charge in [-0.05, 0) is 57.5 Å². The molecule has 0 saturated carbocycles. The lowest BCUT2D eigenvalue weighted by molar-refractivity contribution is -0.137. The van der Waals surface area contributed by atoms with E-state index in [0.717, 1.165) is 31.8 Å². The van der Waals surface area contributed by atoms with Crippen molar-refractivity contribution >= 4 is 11.9 Å². The van der Waals surface area contributed by atoms with E-state index in [-0.39, 0.29) is 12.3 Å². The van der Waals surface area contributed by atoms with E-state index in [0.29, 0.717) is 19.3 Å². The molecule has 1 amide bonds. The Balaban J connectivity index is 1.59. The second kappa shape index (κ2) is 8.37. The summed E-state index contributed by atoms with van der Waals surface area (Å²) in [5.74, 6) is 0.185. The van der Waals surface area contributed by atoms with Gasteiger partial charge in [0.05, 0.1) is 0 Å². The zero-order valence-corrected chi connectivity index (χ0v) is 12.9. The summed E-state index contributed by atoms with van der Waals surface area (Å²) < 4.78 is 0. The standard InChI is InChI=1S/C16H28N2O3/c19-15(5-1-2-6-16(20)21)18-11-7-14(8-12-18)13-17-9-3-4-10-17/h14H,1-13H2,(H,20,21). The minimum Gasteiger partial charge on any atom is -0.481 e. The average molecular weight is 296 g/mol. The van der Waals surface area contributed by atoms with Gasteiger partial charge in [-0.2, -0.15) is 0 Å². The maximum Gasteiger partial charge on any atom is 0.303 e. The molecule has 2 fully saturated rings. The molecule has 0 aromatic heterocycles. The third-order valence-electron chi connectivity index (χ3n) is 4.71. The van der Waals surface area contributed by atoms with Gasteiger partial charge in [-0.15, -0.1) is 0 Å². The van der Waals surface area contributed by atoms with Gasteiger partial charge in [0.1, 0.15) is 0 Å². The molecule has 120 valence electrons. The highest BCUT2D eigenvalue weighted by Crippen LogP contribution is 2.21. The minimum atomic E-state index is -0.773. The molecule has 0 bridgehead atoms. The van der Waals surface area contributed by atoms with Gasteiger partial charge in [-0.25, -0.2) is 0 Å². The van der Waals surface area contributed by atoms with Crippen molar-refractivity contribution in [3.8, 4) is 0 Å². The van der Waals surface area contributed by atoms with Crippen LogP contribution in [-0.4, -0.2) is 59.5 Å². The zero-order valence-electron chi connectivity index (χ0n) is 12.9. The number of amides is 1. The highest BCUT2D eigenvalue weighted by Gasteiger charge is 2.24. The molecule has 2 heterocycles. The van der Waals surface area contributed by atoms with Gasteiger partial charge < -0.3 is 14.9 Å². The first kappa shape index (κ1) is 16.3. The van der Waals surface area contributed by atoms with E-state index < -0.39 is 5.97 Å². The van der Waals surface area contributed by atoms with Crippen molar-refractivity contribution in [2.75, 3.05) is 32.7 Å². The molecule has 5 heteroatoms. The highest BCUT2D eigenvalue weighted by molar-refractivity contribution is 5.76. The molecular weight excluding hydrogens is 268 g/mol. The van der Waals surface area contributed by atoms with Gasteiger partial charge >= 0.3 is 5.97 Å². The number of carbonyl (C=O) groups is 2. The fourth-order valence-electron chi connectivity index (χ4n) is 3.41. The number of rotatable bonds is 7. The number of nitrogens with zero attached hydrogens (tertiary/aromatic N) is 2. The van der Waals surface area contributed by atoms with Crippen LogP contribution in [0, 0.1) is 5.92 Å². The fraction of sp³-hybridized carbons (Fsp3) is 0.875. The lowest BCUT2D eigenvalue weighted by Crippen LogP contribution is -2.41. The average Bonchev–Trinajstić information content (AvgIpc) is 2.97.